The van der Waals surface area contributed by atoms with Gasteiger partial charge in [0, 0.05) is 12.9 Å². The van der Waals surface area contributed by atoms with Crippen LogP contribution in [0, 0.1) is 0 Å². The zero-order valence-corrected chi connectivity index (χ0v) is 7.81. The molecule has 0 amide bonds. The first-order valence-electron chi connectivity index (χ1n) is 3.06. The molecule has 3 N–H and O–H groups in total. The third kappa shape index (κ3) is 7.64. The topological polar surface area (TPSA) is 69.6 Å². The highest BCUT2D eigenvalue weighted by Gasteiger charge is 2.12. The molecule has 1 unspecified atom stereocenters. The zero-order valence-electron chi connectivity index (χ0n) is 7.00. The molecule has 0 aromatic heterocycles. The summed E-state index contributed by atoms with van der Waals surface area (Å²) in [5.74, 6) is -0.168. The minimum Gasteiger partial charge on any atom is -0.480 e. The van der Waals surface area contributed by atoms with E-state index in [4.69, 9.17) is 10.2 Å². The van der Waals surface area contributed by atoms with Crippen LogP contribution in [0.1, 0.15) is 0 Å². The minimum absolute atomic E-state index is 0.403. The minimum atomic E-state index is -0.785. The number of carboxylic acids is 1. The van der Waals surface area contributed by atoms with Crippen molar-refractivity contribution in [2.75, 3.05) is 26.2 Å². The third-order valence-electron chi connectivity index (χ3n) is 0.980. The van der Waals surface area contributed by atoms with E-state index in [0.29, 0.717) is 5.75 Å². The Morgan fingerprint density at radius 3 is 2.18 bits per heavy atom. The summed E-state index contributed by atoms with van der Waals surface area (Å²) in [7, 11) is 2.65. The van der Waals surface area contributed by atoms with Crippen molar-refractivity contribution in [3.63, 3.8) is 0 Å². The third-order valence-corrected chi connectivity index (χ3v) is 1.65. The molecule has 0 heterocycles. The maximum Gasteiger partial charge on any atom is 0.321 e. The summed E-state index contributed by atoms with van der Waals surface area (Å²) in [6, 6.07) is -0.403. The van der Waals surface area contributed by atoms with Gasteiger partial charge in [-0.2, -0.15) is 11.8 Å². The lowest BCUT2D eigenvalue weighted by atomic mass is 10.3. The highest BCUT2D eigenvalue weighted by molar-refractivity contribution is 7.98. The first-order valence-corrected chi connectivity index (χ1v) is 4.45. The maximum atomic E-state index is 10.2. The van der Waals surface area contributed by atoms with Crippen LogP contribution in [-0.2, 0) is 4.79 Å². The number of thioether (sulfide) groups is 1. The number of carboxylic acid groups (broad SMARTS) is 1. The number of nitrogens with one attached hydrogen (secondary N) is 1. The summed E-state index contributed by atoms with van der Waals surface area (Å²) in [4.78, 5) is 10.2. The largest absolute Gasteiger partial charge is 0.480 e. The summed E-state index contributed by atoms with van der Waals surface area (Å²) < 4.78 is 0. The Morgan fingerprint density at radius 2 is 2.09 bits per heavy atom. The van der Waals surface area contributed by atoms with E-state index in [9.17, 15) is 4.79 Å². The number of rotatable bonds is 4. The summed E-state index contributed by atoms with van der Waals surface area (Å²) >= 11 is 1.52. The van der Waals surface area contributed by atoms with E-state index in [1.165, 1.54) is 11.8 Å². The van der Waals surface area contributed by atoms with Crippen LogP contribution in [0.4, 0.5) is 0 Å². The van der Waals surface area contributed by atoms with Crippen LogP contribution in [0.15, 0.2) is 0 Å². The van der Waals surface area contributed by atoms with Gasteiger partial charge in [0.2, 0.25) is 0 Å². The molecule has 0 saturated heterocycles. The number of carbonyl (C=O) groups is 1. The van der Waals surface area contributed by atoms with Gasteiger partial charge in [0.05, 0.1) is 0 Å². The molecule has 0 aliphatic rings. The Morgan fingerprint density at radius 1 is 1.64 bits per heavy atom. The molecule has 0 rings (SSSR count). The number of hydrogen-bond acceptors (Lipinski definition) is 4. The molecule has 0 aliphatic carbocycles. The van der Waals surface area contributed by atoms with E-state index < -0.39 is 12.0 Å². The zero-order chi connectivity index (χ0) is 9.28. The Labute approximate surface area is 71.0 Å². The van der Waals surface area contributed by atoms with Crippen molar-refractivity contribution in [2.45, 2.75) is 6.04 Å². The smallest absolute Gasteiger partial charge is 0.321 e. The van der Waals surface area contributed by atoms with Crippen LogP contribution >= 0.6 is 11.8 Å². The number of aliphatic carboxylic acids is 1. The predicted octanol–water partition coefficient (Wildman–Crippen LogP) is -0.369. The fourth-order valence-electron chi connectivity index (χ4n) is 0.445. The van der Waals surface area contributed by atoms with E-state index >= 15 is 0 Å². The van der Waals surface area contributed by atoms with Gasteiger partial charge in [-0.15, -0.1) is 0 Å². The first-order chi connectivity index (χ1) is 5.22. The van der Waals surface area contributed by atoms with Crippen molar-refractivity contribution in [1.29, 1.82) is 0 Å². The standard InChI is InChI=1S/C5H11NO2S.CH4O/c1-6-4(3-9-2)5(7)8;1-2/h4,6H,3H2,1-2H3,(H,7,8);2H,1H3. The predicted molar refractivity (Wildman–Crippen MR) is 47.0 cm³/mol. The van der Waals surface area contributed by atoms with E-state index in [2.05, 4.69) is 5.32 Å². The van der Waals surface area contributed by atoms with E-state index in [-0.39, 0.29) is 0 Å². The molecule has 0 saturated carbocycles. The van der Waals surface area contributed by atoms with Crippen molar-refractivity contribution in [3.05, 3.63) is 0 Å². The fourth-order valence-corrected chi connectivity index (χ4v) is 1.09. The molecule has 11 heavy (non-hydrogen) atoms. The molecule has 5 heteroatoms. The SMILES string of the molecule is CNC(CSC)C(=O)O.CO. The van der Waals surface area contributed by atoms with Crippen LogP contribution in [0.3, 0.4) is 0 Å². The molecule has 0 bridgehead atoms. The summed E-state index contributed by atoms with van der Waals surface area (Å²) in [5.41, 5.74) is 0. The van der Waals surface area contributed by atoms with Gasteiger partial charge < -0.3 is 15.5 Å². The highest BCUT2D eigenvalue weighted by Crippen LogP contribution is 1.95. The van der Waals surface area contributed by atoms with Gasteiger partial charge in [-0.05, 0) is 13.3 Å². The Balaban J connectivity index is 0. The normalized spacial score (nSPS) is 11.3. The Kier molecular flexibility index (Phi) is 11.8. The number of aliphatic hydroxyl groups excluding tert-OH is 1. The summed E-state index contributed by atoms with van der Waals surface area (Å²) in [5, 5.41) is 18.1. The van der Waals surface area contributed by atoms with Crippen LogP contribution in [-0.4, -0.2) is 48.4 Å². The van der Waals surface area contributed by atoms with Gasteiger partial charge in [-0.25, -0.2) is 0 Å². The molecule has 0 fully saturated rings. The number of aliphatic hydroxyl groups is 1. The molecule has 0 radical (unpaired) electrons. The molecular weight excluding hydrogens is 166 g/mol. The van der Waals surface area contributed by atoms with Crippen LogP contribution in [0.25, 0.3) is 0 Å². The molecule has 0 aliphatic heterocycles. The molecule has 0 aromatic carbocycles. The molecule has 1 atom stereocenters. The van der Waals surface area contributed by atoms with Crippen molar-refractivity contribution in [1.82, 2.24) is 5.32 Å². The lowest BCUT2D eigenvalue weighted by Gasteiger charge is -2.07. The van der Waals surface area contributed by atoms with Gasteiger partial charge in [-0.1, -0.05) is 0 Å². The van der Waals surface area contributed by atoms with Gasteiger partial charge in [0.1, 0.15) is 6.04 Å². The van der Waals surface area contributed by atoms with E-state index in [1.807, 2.05) is 6.26 Å². The van der Waals surface area contributed by atoms with Crippen LogP contribution in [0.2, 0.25) is 0 Å². The molecule has 0 spiro atoms. The summed E-state index contributed by atoms with van der Waals surface area (Å²) in [6.45, 7) is 0. The monoisotopic (exact) mass is 181 g/mol. The average Bonchev–Trinajstić information content (AvgIpc) is 2.03. The quantitative estimate of drug-likeness (QED) is 0.552. The average molecular weight is 181 g/mol. The van der Waals surface area contributed by atoms with Crippen molar-refractivity contribution in [3.8, 4) is 0 Å². The van der Waals surface area contributed by atoms with Gasteiger partial charge in [-0.3, -0.25) is 4.79 Å². The first kappa shape index (κ1) is 13.3. The van der Waals surface area contributed by atoms with Crippen LogP contribution in [0.5, 0.6) is 0 Å². The Hall–Kier alpha value is -0.260. The molecule has 0 aromatic rings. The van der Waals surface area contributed by atoms with Gasteiger partial charge >= 0.3 is 5.97 Å². The van der Waals surface area contributed by atoms with Crippen molar-refractivity contribution in [2.24, 2.45) is 0 Å². The van der Waals surface area contributed by atoms with E-state index in [0.717, 1.165) is 7.11 Å². The number of hydrogen-bond donors (Lipinski definition) is 3. The lowest BCUT2D eigenvalue weighted by molar-refractivity contribution is -0.138. The second-order valence-electron chi connectivity index (χ2n) is 1.63. The van der Waals surface area contributed by atoms with E-state index in [1.54, 1.807) is 7.05 Å². The summed E-state index contributed by atoms with van der Waals surface area (Å²) in [6.07, 6.45) is 1.88. The van der Waals surface area contributed by atoms with Gasteiger partial charge in [0.15, 0.2) is 0 Å². The molecule has 68 valence electrons. The second-order valence-corrected chi connectivity index (χ2v) is 2.55. The Bertz CT molecular complexity index is 99.8. The second kappa shape index (κ2) is 9.74. The highest BCUT2D eigenvalue weighted by atomic mass is 32.2. The van der Waals surface area contributed by atoms with Crippen LogP contribution < -0.4 is 5.32 Å². The van der Waals surface area contributed by atoms with Crippen molar-refractivity contribution >= 4 is 17.7 Å². The molecular formula is C6H15NO3S. The fraction of sp³-hybridized carbons (Fsp3) is 0.833. The number of likely N-dealkylation sites (N-methyl/N-ethyl adjacent to an activating group) is 1. The maximum absolute atomic E-state index is 10.2. The van der Waals surface area contributed by atoms with Crippen molar-refractivity contribution < 1.29 is 15.0 Å². The van der Waals surface area contributed by atoms with Gasteiger partial charge in [0.25, 0.3) is 0 Å². The molecule has 4 nitrogen and oxygen atoms in total. The lowest BCUT2D eigenvalue weighted by Crippen LogP contribution is -2.35.